The SMILES string of the molecule is CCCCCCCCCCCCCC(=O)N(CCCN(CC)CC)C(C(=O)NCCCCCCCNC(=O)C(C(C)C)N(CCCN(CC)CC)C(=O)CCCCCCCCCCCCC)C(C)C. The highest BCUT2D eigenvalue weighted by molar-refractivity contribution is 5.88. The molecule has 10 heteroatoms. The van der Waals surface area contributed by atoms with Crippen molar-refractivity contribution in [2.75, 3.05) is 65.4 Å². The van der Waals surface area contributed by atoms with Crippen molar-refractivity contribution in [1.29, 1.82) is 0 Å². The van der Waals surface area contributed by atoms with Gasteiger partial charge in [0.1, 0.15) is 12.1 Å². The first-order chi connectivity index (χ1) is 33.4. The highest BCUT2D eigenvalue weighted by Gasteiger charge is 2.33. The van der Waals surface area contributed by atoms with Crippen molar-refractivity contribution < 1.29 is 19.2 Å². The fraction of sp³-hybridized carbons (Fsp3) is 0.932. The Bertz CT molecular complexity index is 1120. The zero-order chi connectivity index (χ0) is 51.3. The average molecular weight is 976 g/mol. The van der Waals surface area contributed by atoms with E-state index in [1.165, 1.54) is 116 Å². The van der Waals surface area contributed by atoms with Gasteiger partial charge < -0.3 is 30.2 Å². The van der Waals surface area contributed by atoms with E-state index >= 15 is 0 Å². The normalized spacial score (nSPS) is 12.6. The van der Waals surface area contributed by atoms with Crippen molar-refractivity contribution in [2.45, 2.75) is 280 Å². The molecule has 69 heavy (non-hydrogen) atoms. The Morgan fingerprint density at radius 2 is 0.594 bits per heavy atom. The molecule has 0 aliphatic heterocycles. The Labute approximate surface area is 429 Å². The zero-order valence-electron chi connectivity index (χ0n) is 47.7. The van der Waals surface area contributed by atoms with E-state index in [4.69, 9.17) is 0 Å². The summed E-state index contributed by atoms with van der Waals surface area (Å²) in [6.45, 7) is 29.8. The van der Waals surface area contributed by atoms with Crippen LogP contribution < -0.4 is 10.6 Å². The predicted molar refractivity (Wildman–Crippen MR) is 297 cm³/mol. The molecule has 0 saturated heterocycles. The van der Waals surface area contributed by atoms with Crippen molar-refractivity contribution in [2.24, 2.45) is 11.8 Å². The summed E-state index contributed by atoms with van der Waals surface area (Å²) in [6, 6.07) is -0.920. The van der Waals surface area contributed by atoms with Crippen molar-refractivity contribution in [1.82, 2.24) is 30.2 Å². The lowest BCUT2D eigenvalue weighted by Crippen LogP contribution is -2.53. The number of nitrogens with one attached hydrogen (secondary N) is 2. The van der Waals surface area contributed by atoms with E-state index in [1.54, 1.807) is 0 Å². The second-order valence-electron chi connectivity index (χ2n) is 21.2. The van der Waals surface area contributed by atoms with Crippen LogP contribution in [0.5, 0.6) is 0 Å². The Morgan fingerprint density at radius 1 is 0.333 bits per heavy atom. The molecule has 2 N–H and O–H groups in total. The van der Waals surface area contributed by atoms with Crippen LogP contribution in [0.15, 0.2) is 0 Å². The highest BCUT2D eigenvalue weighted by Crippen LogP contribution is 2.20. The summed E-state index contributed by atoms with van der Waals surface area (Å²) in [5.41, 5.74) is 0. The molecule has 0 aromatic heterocycles. The van der Waals surface area contributed by atoms with E-state index in [0.717, 1.165) is 110 Å². The van der Waals surface area contributed by atoms with Gasteiger partial charge in [-0.2, -0.15) is 0 Å². The topological polar surface area (TPSA) is 105 Å². The summed E-state index contributed by atoms with van der Waals surface area (Å²) in [5, 5.41) is 6.44. The maximum Gasteiger partial charge on any atom is 0.243 e. The third kappa shape index (κ3) is 34.7. The molecule has 4 amide bonds. The molecule has 0 aliphatic carbocycles. The molecule has 0 fully saturated rings. The fourth-order valence-corrected chi connectivity index (χ4v) is 10.0. The number of unbranched alkanes of at least 4 members (excludes halogenated alkanes) is 24. The van der Waals surface area contributed by atoms with Gasteiger partial charge in [0.25, 0.3) is 0 Å². The summed E-state index contributed by atoms with van der Waals surface area (Å²) < 4.78 is 0. The molecule has 0 saturated carbocycles. The second-order valence-corrected chi connectivity index (χ2v) is 21.2. The largest absolute Gasteiger partial charge is 0.354 e. The molecule has 0 heterocycles. The van der Waals surface area contributed by atoms with Crippen molar-refractivity contribution in [3.63, 3.8) is 0 Å². The maximum absolute atomic E-state index is 13.8. The lowest BCUT2D eigenvalue weighted by atomic mass is 9.99. The monoisotopic (exact) mass is 975 g/mol. The molecule has 0 spiro atoms. The first kappa shape index (κ1) is 66.8. The van der Waals surface area contributed by atoms with Crippen LogP contribution in [0.2, 0.25) is 0 Å². The van der Waals surface area contributed by atoms with E-state index in [1.807, 2.05) is 9.80 Å². The van der Waals surface area contributed by atoms with E-state index < -0.39 is 12.1 Å². The average Bonchev–Trinajstić information content (AvgIpc) is 3.33. The van der Waals surface area contributed by atoms with Gasteiger partial charge in [-0.25, -0.2) is 0 Å². The van der Waals surface area contributed by atoms with Gasteiger partial charge in [-0.15, -0.1) is 0 Å². The molecule has 408 valence electrons. The van der Waals surface area contributed by atoms with Gasteiger partial charge in [0.2, 0.25) is 23.6 Å². The van der Waals surface area contributed by atoms with Crippen LogP contribution in [-0.4, -0.2) is 121 Å². The van der Waals surface area contributed by atoms with Crippen molar-refractivity contribution in [3.8, 4) is 0 Å². The third-order valence-electron chi connectivity index (χ3n) is 14.6. The van der Waals surface area contributed by atoms with E-state index in [2.05, 4.69) is 89.7 Å². The van der Waals surface area contributed by atoms with Crippen LogP contribution in [0, 0.1) is 11.8 Å². The molecule has 2 atom stereocenters. The van der Waals surface area contributed by atoms with Gasteiger partial charge in [0.05, 0.1) is 0 Å². The smallest absolute Gasteiger partial charge is 0.243 e. The Balaban J connectivity index is 5.06. The number of nitrogens with zero attached hydrogens (tertiary/aromatic N) is 4. The number of hydrogen-bond acceptors (Lipinski definition) is 6. The highest BCUT2D eigenvalue weighted by atomic mass is 16.2. The van der Waals surface area contributed by atoms with Crippen LogP contribution in [0.4, 0.5) is 0 Å². The summed E-state index contributed by atoms with van der Waals surface area (Å²) in [6.07, 6.45) is 35.1. The number of rotatable bonds is 50. The minimum absolute atomic E-state index is 0.0253. The molecule has 2 unspecified atom stereocenters. The molecule has 0 rings (SSSR count). The molecule has 0 bridgehead atoms. The fourth-order valence-electron chi connectivity index (χ4n) is 10.0. The molecular weight excluding hydrogens is 857 g/mol. The maximum atomic E-state index is 13.8. The number of amides is 4. The standard InChI is InChI=1S/C59H118N6O4/c1-11-17-19-21-23-25-27-29-31-34-38-44-54(66)64(50-42-48-62(13-3)14-4)56(52(7)8)58(68)60-46-40-36-33-37-41-47-61-59(69)57(53(9)10)65(51-43-49-63(15-5)16-6)55(67)45-39-35-32-30-28-26-24-22-20-18-12-2/h52-53,56-57H,11-51H2,1-10H3,(H,60,68)(H,61,69). The van der Waals surface area contributed by atoms with Gasteiger partial charge in [-0.1, -0.05) is 217 Å². The first-order valence-electron chi connectivity index (χ1n) is 30.0. The van der Waals surface area contributed by atoms with Gasteiger partial charge >= 0.3 is 0 Å². The minimum atomic E-state index is -0.460. The lowest BCUT2D eigenvalue weighted by Gasteiger charge is -2.34. The predicted octanol–water partition coefficient (Wildman–Crippen LogP) is 13.7. The minimum Gasteiger partial charge on any atom is -0.354 e. The van der Waals surface area contributed by atoms with Crippen molar-refractivity contribution >= 4 is 23.6 Å². The third-order valence-corrected chi connectivity index (χ3v) is 14.6. The zero-order valence-corrected chi connectivity index (χ0v) is 47.7. The molecule has 0 aliphatic rings. The van der Waals surface area contributed by atoms with Gasteiger partial charge in [0, 0.05) is 39.0 Å². The van der Waals surface area contributed by atoms with Crippen LogP contribution >= 0.6 is 0 Å². The second kappa shape index (κ2) is 46.8. The quantitative estimate of drug-likeness (QED) is 0.0589. The Kier molecular flexibility index (Phi) is 45.4. The first-order valence-corrected chi connectivity index (χ1v) is 30.0. The van der Waals surface area contributed by atoms with Gasteiger partial charge in [-0.3, -0.25) is 19.2 Å². The van der Waals surface area contributed by atoms with Gasteiger partial charge in [-0.05, 0) is 89.6 Å². The molecule has 0 aromatic carbocycles. The lowest BCUT2D eigenvalue weighted by molar-refractivity contribution is -0.142. The van der Waals surface area contributed by atoms with Crippen LogP contribution in [0.1, 0.15) is 268 Å². The molecule has 10 nitrogen and oxygen atoms in total. The van der Waals surface area contributed by atoms with Crippen LogP contribution in [0.25, 0.3) is 0 Å². The number of carbonyl (C=O) groups is 4. The Hall–Kier alpha value is -2.20. The molecular formula is C59H118N6O4. The summed E-state index contributed by atoms with van der Waals surface area (Å²) >= 11 is 0. The Morgan fingerprint density at radius 3 is 0.855 bits per heavy atom. The number of hydrogen-bond donors (Lipinski definition) is 2. The van der Waals surface area contributed by atoms with Crippen molar-refractivity contribution in [3.05, 3.63) is 0 Å². The summed E-state index contributed by atoms with van der Waals surface area (Å²) in [4.78, 5) is 63.9. The van der Waals surface area contributed by atoms with E-state index in [9.17, 15) is 19.2 Å². The summed E-state index contributed by atoms with van der Waals surface area (Å²) in [5.74, 6) is 0.249. The molecule has 0 radical (unpaired) electrons. The molecule has 0 aromatic rings. The van der Waals surface area contributed by atoms with Crippen LogP contribution in [0.3, 0.4) is 0 Å². The van der Waals surface area contributed by atoms with E-state index in [0.29, 0.717) is 39.0 Å². The summed E-state index contributed by atoms with van der Waals surface area (Å²) in [7, 11) is 0. The van der Waals surface area contributed by atoms with Crippen LogP contribution in [-0.2, 0) is 19.2 Å². The van der Waals surface area contributed by atoms with E-state index in [-0.39, 0.29) is 35.5 Å². The number of carbonyl (C=O) groups excluding carboxylic acids is 4. The van der Waals surface area contributed by atoms with Gasteiger partial charge in [0.15, 0.2) is 0 Å².